The molecule has 2 aromatic carbocycles. The maximum atomic E-state index is 13.9. The van der Waals surface area contributed by atoms with Gasteiger partial charge in [-0.25, -0.2) is 13.8 Å². The second-order valence-electron chi connectivity index (χ2n) is 8.62. The number of aliphatic hydroxyl groups is 1. The standard InChI is InChI=1S/C24H24F2N4O2S/c1-15-11-16(13-18(26)12-15)24(31)6-8-30(9-7-24)23-28-20-5-10-33(32)21(20)22(29-23)27-19-4-2-3-17(25)14-19/h2-4,11-14,31H,5-10H2,1H3,(H,27,28,29). The fourth-order valence-corrected chi connectivity index (χ4v) is 5.79. The zero-order valence-corrected chi connectivity index (χ0v) is 19.0. The van der Waals surface area contributed by atoms with Crippen molar-refractivity contribution in [1.29, 1.82) is 0 Å². The quantitative estimate of drug-likeness (QED) is 0.601. The van der Waals surface area contributed by atoms with E-state index in [-0.39, 0.29) is 11.6 Å². The molecule has 1 unspecified atom stereocenters. The van der Waals surface area contributed by atoms with Crippen LogP contribution in [-0.2, 0) is 22.8 Å². The van der Waals surface area contributed by atoms with Gasteiger partial charge in [0.1, 0.15) is 16.5 Å². The van der Waals surface area contributed by atoms with Crippen molar-refractivity contribution >= 4 is 28.3 Å². The zero-order valence-electron chi connectivity index (χ0n) is 18.1. The van der Waals surface area contributed by atoms with Crippen molar-refractivity contribution in [3.05, 3.63) is 70.9 Å². The molecule has 0 saturated carbocycles. The summed E-state index contributed by atoms with van der Waals surface area (Å²) in [5.74, 6) is 0.630. The molecule has 5 rings (SSSR count). The van der Waals surface area contributed by atoms with E-state index in [0.29, 0.717) is 66.0 Å². The van der Waals surface area contributed by atoms with Crippen molar-refractivity contribution < 1.29 is 18.1 Å². The van der Waals surface area contributed by atoms with Gasteiger partial charge in [-0.1, -0.05) is 12.1 Å². The molecule has 3 heterocycles. The highest BCUT2D eigenvalue weighted by molar-refractivity contribution is 7.85. The highest BCUT2D eigenvalue weighted by Crippen LogP contribution is 2.37. The van der Waals surface area contributed by atoms with E-state index in [0.717, 1.165) is 11.3 Å². The van der Waals surface area contributed by atoms with Crippen molar-refractivity contribution in [2.24, 2.45) is 0 Å². The second kappa shape index (κ2) is 8.46. The van der Waals surface area contributed by atoms with Gasteiger partial charge in [0.25, 0.3) is 0 Å². The Morgan fingerprint density at radius 2 is 1.88 bits per heavy atom. The molecule has 0 aliphatic carbocycles. The van der Waals surface area contributed by atoms with E-state index in [9.17, 15) is 18.1 Å². The van der Waals surface area contributed by atoms with Gasteiger partial charge in [-0.2, -0.15) is 4.98 Å². The largest absolute Gasteiger partial charge is 0.385 e. The first-order chi connectivity index (χ1) is 15.8. The van der Waals surface area contributed by atoms with Crippen LogP contribution in [-0.4, -0.2) is 38.1 Å². The molecule has 6 nitrogen and oxygen atoms in total. The zero-order chi connectivity index (χ0) is 23.2. The molecule has 1 fully saturated rings. The molecule has 33 heavy (non-hydrogen) atoms. The van der Waals surface area contributed by atoms with Crippen molar-refractivity contribution in [3.63, 3.8) is 0 Å². The number of benzene rings is 2. The van der Waals surface area contributed by atoms with Gasteiger partial charge in [-0.3, -0.25) is 4.21 Å². The lowest BCUT2D eigenvalue weighted by Crippen LogP contribution is -2.43. The first-order valence-corrected chi connectivity index (χ1v) is 12.2. The van der Waals surface area contributed by atoms with E-state index < -0.39 is 16.4 Å². The number of halogens is 2. The van der Waals surface area contributed by atoms with Crippen LogP contribution in [0.25, 0.3) is 0 Å². The van der Waals surface area contributed by atoms with E-state index in [4.69, 9.17) is 0 Å². The molecule has 172 valence electrons. The van der Waals surface area contributed by atoms with E-state index >= 15 is 0 Å². The Kier molecular flexibility index (Phi) is 5.62. The SMILES string of the molecule is Cc1cc(F)cc(C2(O)CCN(c3nc4c(c(Nc5cccc(F)c5)n3)S(=O)CC4)CC2)c1. The Labute approximate surface area is 193 Å². The van der Waals surface area contributed by atoms with E-state index in [2.05, 4.69) is 15.3 Å². The van der Waals surface area contributed by atoms with Crippen LogP contribution >= 0.6 is 0 Å². The van der Waals surface area contributed by atoms with Crippen molar-refractivity contribution in [2.45, 2.75) is 36.7 Å². The number of rotatable bonds is 4. The molecule has 0 bridgehead atoms. The maximum Gasteiger partial charge on any atom is 0.227 e. The van der Waals surface area contributed by atoms with Crippen molar-refractivity contribution in [1.82, 2.24) is 9.97 Å². The predicted molar refractivity (Wildman–Crippen MR) is 123 cm³/mol. The van der Waals surface area contributed by atoms with Crippen LogP contribution in [0.4, 0.5) is 26.2 Å². The third-order valence-electron chi connectivity index (χ3n) is 6.22. The monoisotopic (exact) mass is 470 g/mol. The number of nitrogens with zero attached hydrogens (tertiary/aromatic N) is 3. The average Bonchev–Trinajstić information content (AvgIpc) is 3.15. The molecule has 2 aliphatic rings. The van der Waals surface area contributed by atoms with Crippen LogP contribution in [0.2, 0.25) is 0 Å². The van der Waals surface area contributed by atoms with Crippen LogP contribution in [0.3, 0.4) is 0 Å². The van der Waals surface area contributed by atoms with E-state index in [1.54, 1.807) is 19.1 Å². The molecule has 3 aromatic rings. The molecule has 1 saturated heterocycles. The van der Waals surface area contributed by atoms with Crippen LogP contribution < -0.4 is 10.2 Å². The lowest BCUT2D eigenvalue weighted by atomic mass is 9.84. The number of anilines is 3. The number of aromatic nitrogens is 2. The van der Waals surface area contributed by atoms with E-state index in [1.807, 2.05) is 11.0 Å². The van der Waals surface area contributed by atoms with Crippen molar-refractivity contribution in [2.75, 3.05) is 29.1 Å². The van der Waals surface area contributed by atoms with Gasteiger partial charge in [0.15, 0.2) is 5.82 Å². The third kappa shape index (κ3) is 4.35. The molecule has 0 spiro atoms. The molecule has 0 amide bonds. The summed E-state index contributed by atoms with van der Waals surface area (Å²) in [6, 6.07) is 10.7. The fourth-order valence-electron chi connectivity index (χ4n) is 4.48. The van der Waals surface area contributed by atoms with Gasteiger partial charge in [-0.15, -0.1) is 0 Å². The van der Waals surface area contributed by atoms with Gasteiger partial charge >= 0.3 is 0 Å². The molecule has 9 heteroatoms. The summed E-state index contributed by atoms with van der Waals surface area (Å²) in [5, 5.41) is 14.3. The number of fused-ring (bicyclic) bond motifs is 1. The lowest BCUT2D eigenvalue weighted by Gasteiger charge is -2.38. The fraction of sp³-hybridized carbons (Fsp3) is 0.333. The normalized spacial score (nSPS) is 19.4. The number of hydrogen-bond donors (Lipinski definition) is 2. The van der Waals surface area contributed by atoms with Gasteiger partial charge in [0.2, 0.25) is 5.95 Å². The molecule has 2 aliphatic heterocycles. The molecular formula is C24H24F2N4O2S. The molecule has 2 N–H and O–H groups in total. The van der Waals surface area contributed by atoms with Crippen LogP contribution in [0.1, 0.15) is 29.7 Å². The molecule has 1 atom stereocenters. The summed E-state index contributed by atoms with van der Waals surface area (Å²) in [6.45, 7) is 2.77. The van der Waals surface area contributed by atoms with Crippen LogP contribution in [0.5, 0.6) is 0 Å². The first kappa shape index (κ1) is 21.9. The Hall–Kier alpha value is -2.91. The highest BCUT2D eigenvalue weighted by atomic mass is 32.2. The number of piperidine rings is 1. The van der Waals surface area contributed by atoms with E-state index in [1.165, 1.54) is 24.3 Å². The lowest BCUT2D eigenvalue weighted by molar-refractivity contribution is 0.0112. The Morgan fingerprint density at radius 3 is 2.61 bits per heavy atom. The minimum absolute atomic E-state index is 0.358. The number of hydrogen-bond acceptors (Lipinski definition) is 6. The predicted octanol–water partition coefficient (Wildman–Crippen LogP) is 3.96. The Bertz CT molecular complexity index is 1220. The minimum atomic E-state index is -1.22. The average molecular weight is 471 g/mol. The smallest absolute Gasteiger partial charge is 0.227 e. The summed E-state index contributed by atoms with van der Waals surface area (Å²) >= 11 is 0. The van der Waals surface area contributed by atoms with Gasteiger partial charge in [0.05, 0.1) is 22.1 Å². The van der Waals surface area contributed by atoms with Gasteiger partial charge in [0, 0.05) is 31.0 Å². The highest BCUT2D eigenvalue weighted by Gasteiger charge is 2.36. The number of aryl methyl sites for hydroxylation is 2. The number of nitrogens with one attached hydrogen (secondary N) is 1. The Balaban J connectivity index is 1.42. The molecule has 1 aromatic heterocycles. The van der Waals surface area contributed by atoms with Gasteiger partial charge < -0.3 is 15.3 Å². The third-order valence-corrected chi connectivity index (χ3v) is 7.68. The first-order valence-electron chi connectivity index (χ1n) is 10.9. The summed E-state index contributed by atoms with van der Waals surface area (Å²) in [6.07, 6.45) is 1.37. The summed E-state index contributed by atoms with van der Waals surface area (Å²) in [4.78, 5) is 11.8. The maximum absolute atomic E-state index is 13.9. The second-order valence-corrected chi connectivity index (χ2v) is 10.1. The summed E-state index contributed by atoms with van der Waals surface area (Å²) < 4.78 is 40.1. The topological polar surface area (TPSA) is 78.3 Å². The van der Waals surface area contributed by atoms with Crippen LogP contribution in [0, 0.1) is 18.6 Å². The summed E-state index contributed by atoms with van der Waals surface area (Å²) in [7, 11) is -1.22. The molecule has 0 radical (unpaired) electrons. The van der Waals surface area contributed by atoms with Crippen molar-refractivity contribution in [3.8, 4) is 0 Å². The Morgan fingerprint density at radius 1 is 1.09 bits per heavy atom. The summed E-state index contributed by atoms with van der Waals surface area (Å²) in [5.41, 5.74) is 1.46. The minimum Gasteiger partial charge on any atom is -0.385 e. The van der Waals surface area contributed by atoms with Gasteiger partial charge in [-0.05, 0) is 61.2 Å². The molecular weight excluding hydrogens is 446 g/mol. The van der Waals surface area contributed by atoms with Crippen LogP contribution in [0.15, 0.2) is 47.4 Å².